The number of hydrogen-bond donors (Lipinski definition) is 3. The Labute approximate surface area is 262 Å². The van der Waals surface area contributed by atoms with Crippen LogP contribution in [0.4, 0.5) is 11.6 Å². The zero-order chi connectivity index (χ0) is 30.6. The van der Waals surface area contributed by atoms with Crippen molar-refractivity contribution >= 4 is 40.7 Å². The number of amides is 2. The van der Waals surface area contributed by atoms with Crippen molar-refractivity contribution in [1.82, 2.24) is 25.1 Å². The Bertz CT molecular complexity index is 1570. The molecule has 1 atom stereocenters. The average Bonchev–Trinajstić information content (AvgIpc) is 3.95. The summed E-state index contributed by atoms with van der Waals surface area (Å²) in [6.07, 6.45) is 12.5. The van der Waals surface area contributed by atoms with Crippen LogP contribution in [-0.2, 0) is 4.79 Å². The predicted molar refractivity (Wildman–Crippen MR) is 174 cm³/mol. The van der Waals surface area contributed by atoms with Crippen LogP contribution in [0.5, 0.6) is 11.5 Å². The quantitative estimate of drug-likeness (QED) is 0.212. The van der Waals surface area contributed by atoms with Crippen molar-refractivity contribution < 1.29 is 14.3 Å². The number of carbonyl (C=O) groups excluding carboxylic acids is 2. The highest BCUT2D eigenvalue weighted by Crippen LogP contribution is 2.40. The Morgan fingerprint density at radius 1 is 1.09 bits per heavy atom. The van der Waals surface area contributed by atoms with Crippen molar-refractivity contribution in [3.8, 4) is 11.5 Å². The van der Waals surface area contributed by atoms with Gasteiger partial charge in [0.05, 0.1) is 5.56 Å². The topological polar surface area (TPSA) is 126 Å². The highest BCUT2D eigenvalue weighted by atomic mass is 32.1. The molecule has 3 aromatic rings. The van der Waals surface area contributed by atoms with E-state index in [-0.39, 0.29) is 23.7 Å². The number of anilines is 2. The van der Waals surface area contributed by atoms with Crippen molar-refractivity contribution in [3.05, 3.63) is 83.7 Å². The smallest absolute Gasteiger partial charge is 0.256 e. The van der Waals surface area contributed by atoms with E-state index in [2.05, 4.69) is 32.5 Å². The lowest BCUT2D eigenvalue weighted by molar-refractivity contribution is -0.125. The summed E-state index contributed by atoms with van der Waals surface area (Å²) >= 11 is 5.73. The van der Waals surface area contributed by atoms with E-state index in [1.807, 2.05) is 23.1 Å². The molecule has 2 aromatic heterocycles. The molecule has 10 nitrogen and oxygen atoms in total. The number of ether oxygens (including phenoxy) is 1. The van der Waals surface area contributed by atoms with Crippen LogP contribution in [0.1, 0.15) is 59.5 Å². The van der Waals surface area contributed by atoms with E-state index in [0.717, 1.165) is 13.0 Å². The molecular formula is C33H37N7O3S. The first-order chi connectivity index (χ1) is 21.3. The zero-order valence-corrected chi connectivity index (χ0v) is 25.6. The molecule has 0 bridgehead atoms. The minimum absolute atomic E-state index is 0.00879. The highest BCUT2D eigenvalue weighted by Gasteiger charge is 2.28. The van der Waals surface area contributed by atoms with Gasteiger partial charge in [0.25, 0.3) is 5.91 Å². The summed E-state index contributed by atoms with van der Waals surface area (Å²) in [7, 11) is 2.09. The van der Waals surface area contributed by atoms with Gasteiger partial charge >= 0.3 is 0 Å². The molecule has 2 amide bonds. The molecule has 6 rings (SSSR count). The number of rotatable bonds is 11. The summed E-state index contributed by atoms with van der Waals surface area (Å²) < 4.78 is 6.15. The number of benzene rings is 1. The minimum atomic E-state index is -0.249. The van der Waals surface area contributed by atoms with Gasteiger partial charge in [-0.05, 0) is 87.0 Å². The maximum Gasteiger partial charge on any atom is 0.256 e. The standard InChI is InChI=1S/C33H37N7O3S/c1-39(25-8-9-25)17-2-3-29(41)40-18-14-24(20-40)37-33(44)30-27(13-16-36-31(30)34)43-26-10-6-22(7-11-26)32(42)38-28-19-23(12-15-35-28)21-4-5-21/h2-3,6-7,10-13,15-16,19,21,24-25H,4-5,8-9,14,17-18,20H2,1H3,(H2,34,36)(H,37,44)(H,35,38,42)/b3-2+. The lowest BCUT2D eigenvalue weighted by atomic mass is 10.1. The van der Waals surface area contributed by atoms with Crippen molar-refractivity contribution in [2.24, 2.45) is 0 Å². The molecule has 3 heterocycles. The van der Waals surface area contributed by atoms with Crippen LogP contribution in [0.3, 0.4) is 0 Å². The van der Waals surface area contributed by atoms with Gasteiger partial charge in [-0.1, -0.05) is 18.3 Å². The van der Waals surface area contributed by atoms with Crippen molar-refractivity contribution in [1.29, 1.82) is 0 Å². The average molecular weight is 612 g/mol. The van der Waals surface area contributed by atoms with Crippen LogP contribution in [0, 0.1) is 0 Å². The third-order valence-electron chi connectivity index (χ3n) is 8.25. The molecule has 1 saturated heterocycles. The van der Waals surface area contributed by atoms with E-state index in [0.29, 0.717) is 58.5 Å². The third-order valence-corrected chi connectivity index (χ3v) is 8.57. The second kappa shape index (κ2) is 13.1. The number of nitrogen functional groups attached to an aromatic ring is 1. The number of nitrogens with zero attached hydrogens (tertiary/aromatic N) is 4. The Morgan fingerprint density at radius 2 is 1.86 bits per heavy atom. The van der Waals surface area contributed by atoms with Gasteiger partial charge in [0.2, 0.25) is 5.91 Å². The first kappa shape index (κ1) is 29.7. The fourth-order valence-electron chi connectivity index (χ4n) is 5.37. The highest BCUT2D eigenvalue weighted by molar-refractivity contribution is 7.80. The molecule has 228 valence electrons. The first-order valence-electron chi connectivity index (χ1n) is 15.1. The fraction of sp³-hybridized carbons (Fsp3) is 0.364. The summed E-state index contributed by atoms with van der Waals surface area (Å²) in [6, 6.07) is 13.1. The number of pyridine rings is 2. The number of likely N-dealkylation sites (tertiary alicyclic amines) is 1. The van der Waals surface area contributed by atoms with Crippen molar-refractivity contribution in [3.63, 3.8) is 0 Å². The number of nitrogens with two attached hydrogens (primary N) is 1. The van der Waals surface area contributed by atoms with Gasteiger partial charge in [-0.2, -0.15) is 0 Å². The first-order valence-corrected chi connectivity index (χ1v) is 15.5. The molecule has 3 aliphatic rings. The Morgan fingerprint density at radius 3 is 2.61 bits per heavy atom. The van der Waals surface area contributed by atoms with E-state index >= 15 is 0 Å². The molecule has 0 spiro atoms. The molecule has 3 fully saturated rings. The lowest BCUT2D eigenvalue weighted by Crippen LogP contribution is -2.38. The normalized spacial score (nSPS) is 18.0. The maximum atomic E-state index is 12.8. The van der Waals surface area contributed by atoms with Crippen LogP contribution in [-0.4, -0.2) is 75.3 Å². The van der Waals surface area contributed by atoms with Crippen molar-refractivity contribution in [2.45, 2.75) is 50.1 Å². The second-order valence-corrected chi connectivity index (χ2v) is 12.1. The zero-order valence-electron chi connectivity index (χ0n) is 24.7. The van der Waals surface area contributed by atoms with Crippen LogP contribution < -0.4 is 21.1 Å². The largest absolute Gasteiger partial charge is 0.456 e. The molecule has 2 aliphatic carbocycles. The Kier molecular flexibility index (Phi) is 8.85. The number of aromatic nitrogens is 2. The van der Waals surface area contributed by atoms with Gasteiger partial charge in [-0.25, -0.2) is 9.97 Å². The molecule has 1 unspecified atom stereocenters. The predicted octanol–water partition coefficient (Wildman–Crippen LogP) is 4.50. The molecule has 11 heteroatoms. The Balaban J connectivity index is 1.04. The number of thiocarbonyl (C=S) groups is 1. The number of hydrogen-bond acceptors (Lipinski definition) is 8. The molecular weight excluding hydrogens is 574 g/mol. The van der Waals surface area contributed by atoms with Gasteiger partial charge < -0.3 is 26.0 Å². The second-order valence-electron chi connectivity index (χ2n) is 11.7. The van der Waals surface area contributed by atoms with Crippen LogP contribution >= 0.6 is 12.2 Å². The summed E-state index contributed by atoms with van der Waals surface area (Å²) in [5, 5.41) is 6.23. The number of nitrogens with one attached hydrogen (secondary N) is 2. The molecule has 2 saturated carbocycles. The maximum absolute atomic E-state index is 12.8. The third kappa shape index (κ3) is 7.40. The summed E-state index contributed by atoms with van der Waals surface area (Å²) in [5.41, 5.74) is 8.42. The summed E-state index contributed by atoms with van der Waals surface area (Å²) in [6.45, 7) is 1.97. The summed E-state index contributed by atoms with van der Waals surface area (Å²) in [4.78, 5) is 38.5. The summed E-state index contributed by atoms with van der Waals surface area (Å²) in [5.74, 6) is 2.08. The van der Waals surface area contributed by atoms with E-state index < -0.39 is 0 Å². The minimum Gasteiger partial charge on any atom is -0.456 e. The number of carbonyl (C=O) groups is 2. The van der Waals surface area contributed by atoms with Gasteiger partial charge in [0, 0.05) is 61.8 Å². The van der Waals surface area contributed by atoms with Gasteiger partial charge in [-0.15, -0.1) is 0 Å². The molecule has 4 N–H and O–H groups in total. The van der Waals surface area contributed by atoms with E-state index in [4.69, 9.17) is 22.7 Å². The van der Waals surface area contributed by atoms with Gasteiger partial charge in [0.1, 0.15) is 28.1 Å². The lowest BCUT2D eigenvalue weighted by Gasteiger charge is -2.19. The van der Waals surface area contributed by atoms with Crippen LogP contribution in [0.15, 0.2) is 67.0 Å². The molecule has 1 aliphatic heterocycles. The molecule has 0 radical (unpaired) electrons. The van der Waals surface area contributed by atoms with E-state index in [9.17, 15) is 9.59 Å². The molecule has 44 heavy (non-hydrogen) atoms. The number of likely N-dealkylation sites (N-methyl/N-ethyl adjacent to an activating group) is 1. The van der Waals surface area contributed by atoms with Crippen molar-refractivity contribution in [2.75, 3.05) is 37.7 Å². The van der Waals surface area contributed by atoms with Crippen LogP contribution in [0.25, 0.3) is 0 Å². The monoisotopic (exact) mass is 611 g/mol. The Hall–Kier alpha value is -4.35. The van der Waals surface area contributed by atoms with E-state index in [1.165, 1.54) is 31.2 Å². The van der Waals surface area contributed by atoms with Gasteiger partial charge in [0.15, 0.2) is 0 Å². The fourth-order valence-corrected chi connectivity index (χ4v) is 5.75. The van der Waals surface area contributed by atoms with E-state index in [1.54, 1.807) is 48.8 Å². The SMILES string of the molecule is CN(C/C=C/C(=O)N1CCC(NC(=S)c2c(Oc3ccc(C(=O)Nc4cc(C5CC5)ccn4)cc3)ccnc2N)C1)C1CC1. The van der Waals surface area contributed by atoms with Gasteiger partial charge in [-0.3, -0.25) is 14.5 Å². The van der Waals surface area contributed by atoms with Crippen LogP contribution in [0.2, 0.25) is 0 Å². The molecule has 1 aromatic carbocycles.